The summed E-state index contributed by atoms with van der Waals surface area (Å²) in [7, 11) is -4.73. The van der Waals surface area contributed by atoms with Gasteiger partial charge in [0.05, 0.1) is 19.6 Å². The normalized spacial score (nSPS) is 12.1. The van der Waals surface area contributed by atoms with E-state index in [4.69, 9.17) is 9.47 Å². The van der Waals surface area contributed by atoms with Crippen molar-refractivity contribution in [2.75, 3.05) is 13.2 Å². The largest absolute Gasteiger partial charge is 2.00 e. The Bertz CT molecular complexity index is 534. The van der Waals surface area contributed by atoms with Crippen molar-refractivity contribution in [3.05, 3.63) is 0 Å². The molecule has 1 N–H and O–H groups in total. The van der Waals surface area contributed by atoms with Gasteiger partial charge in [-0.15, -0.1) is 0 Å². The van der Waals surface area contributed by atoms with Crippen LogP contribution >= 0.6 is 0 Å². The standard InChI is InChI=1S/C20H38O7S.Mg.2H/c1-3-5-7-9-11-13-15-26-19(21)17-18(28(23,24)25)20(22)27-16-14-12-10-8-6-4-2;;;/h18H,3-17H2,1-2H3,(H,23,24,25);;;/q;+2;2*-1. The molecule has 0 rings (SSSR count). The van der Waals surface area contributed by atoms with Gasteiger partial charge in [-0.2, -0.15) is 8.42 Å². The van der Waals surface area contributed by atoms with Gasteiger partial charge in [0.25, 0.3) is 10.1 Å². The Balaban J connectivity index is -0.00000121. The molecule has 0 saturated carbocycles. The summed E-state index contributed by atoms with van der Waals surface area (Å²) in [6, 6.07) is 0. The minimum atomic E-state index is -4.73. The van der Waals surface area contributed by atoms with E-state index in [0.29, 0.717) is 12.8 Å². The van der Waals surface area contributed by atoms with Crippen molar-refractivity contribution in [2.24, 2.45) is 0 Å². The van der Waals surface area contributed by atoms with Crippen molar-refractivity contribution >= 4 is 45.1 Å². The Hall–Kier alpha value is -0.384. The molecule has 1 atom stereocenters. The molecule has 0 aromatic carbocycles. The molecule has 0 fully saturated rings. The van der Waals surface area contributed by atoms with E-state index in [1.807, 2.05) is 0 Å². The summed E-state index contributed by atoms with van der Waals surface area (Å²) in [6.07, 6.45) is 11.3. The topological polar surface area (TPSA) is 107 Å². The summed E-state index contributed by atoms with van der Waals surface area (Å²) in [5.41, 5.74) is 0. The maximum Gasteiger partial charge on any atom is 2.00 e. The van der Waals surface area contributed by atoms with Gasteiger partial charge in [0.1, 0.15) is 0 Å². The molecule has 0 aliphatic carbocycles. The summed E-state index contributed by atoms with van der Waals surface area (Å²) in [5.74, 6) is -1.93. The molecule has 0 aromatic rings. The molecule has 170 valence electrons. The van der Waals surface area contributed by atoms with Crippen molar-refractivity contribution < 1.29 is 34.9 Å². The van der Waals surface area contributed by atoms with Crippen LogP contribution in [0, 0.1) is 0 Å². The average molecular weight is 449 g/mol. The van der Waals surface area contributed by atoms with E-state index in [9.17, 15) is 22.6 Å². The van der Waals surface area contributed by atoms with E-state index in [0.717, 1.165) is 57.8 Å². The molecule has 0 aliphatic rings. The van der Waals surface area contributed by atoms with Crippen LogP contribution < -0.4 is 0 Å². The van der Waals surface area contributed by atoms with Crippen LogP contribution in [0.5, 0.6) is 0 Å². The van der Waals surface area contributed by atoms with Crippen LogP contribution in [0.1, 0.15) is 100 Å². The van der Waals surface area contributed by atoms with Crippen LogP contribution in [-0.4, -0.2) is 66.4 Å². The Labute approximate surface area is 195 Å². The number of rotatable bonds is 18. The SMILES string of the molecule is CCCCCCCCOC(=O)CC(C(=O)OCCCCCCCC)S(=O)(=O)O.[H-].[H-].[Mg+2]. The van der Waals surface area contributed by atoms with Crippen LogP contribution in [0.25, 0.3) is 0 Å². The second-order valence-electron chi connectivity index (χ2n) is 7.13. The van der Waals surface area contributed by atoms with E-state index in [2.05, 4.69) is 13.8 Å². The van der Waals surface area contributed by atoms with Gasteiger partial charge in [0.15, 0.2) is 5.25 Å². The third-order valence-electron chi connectivity index (χ3n) is 4.48. The van der Waals surface area contributed by atoms with Gasteiger partial charge in [-0.05, 0) is 12.8 Å². The molecule has 0 amide bonds. The van der Waals surface area contributed by atoms with E-state index >= 15 is 0 Å². The minimum absolute atomic E-state index is 0. The minimum Gasteiger partial charge on any atom is -1.00 e. The third-order valence-corrected chi connectivity index (χ3v) is 5.56. The molecule has 9 heteroatoms. The van der Waals surface area contributed by atoms with E-state index < -0.39 is 33.7 Å². The monoisotopic (exact) mass is 448 g/mol. The van der Waals surface area contributed by atoms with Crippen LogP contribution in [0.15, 0.2) is 0 Å². The van der Waals surface area contributed by atoms with Gasteiger partial charge >= 0.3 is 35.0 Å². The fraction of sp³-hybridized carbons (Fsp3) is 0.900. The number of carbonyl (C=O) groups excluding carboxylic acids is 2. The van der Waals surface area contributed by atoms with Crippen LogP contribution in [-0.2, 0) is 29.2 Å². The molecule has 0 bridgehead atoms. The summed E-state index contributed by atoms with van der Waals surface area (Å²) in [6.45, 7) is 4.50. The number of hydrogen-bond acceptors (Lipinski definition) is 6. The Morgan fingerprint density at radius 3 is 1.66 bits per heavy atom. The molecule has 0 heterocycles. The summed E-state index contributed by atoms with van der Waals surface area (Å²) in [4.78, 5) is 23.8. The predicted octanol–water partition coefficient (Wildman–Crippen LogP) is 4.28. The molecule has 7 nitrogen and oxygen atoms in total. The molecule has 1 unspecified atom stereocenters. The Kier molecular flexibility index (Phi) is 20.8. The second kappa shape index (κ2) is 19.6. The first-order chi connectivity index (χ1) is 13.3. The number of esters is 2. The van der Waals surface area contributed by atoms with Crippen molar-refractivity contribution in [2.45, 2.75) is 103 Å². The molecule has 0 spiro atoms. The predicted molar refractivity (Wildman–Crippen MR) is 117 cm³/mol. The fourth-order valence-electron chi connectivity index (χ4n) is 2.74. The molecule has 0 saturated heterocycles. The van der Waals surface area contributed by atoms with Gasteiger partial charge in [-0.3, -0.25) is 14.1 Å². The Morgan fingerprint density at radius 2 is 1.21 bits per heavy atom. The number of ether oxygens (including phenoxy) is 2. The molecule has 0 radical (unpaired) electrons. The van der Waals surface area contributed by atoms with E-state index in [1.54, 1.807) is 0 Å². The number of hydrogen-bond donors (Lipinski definition) is 1. The number of carbonyl (C=O) groups is 2. The molecule has 29 heavy (non-hydrogen) atoms. The van der Waals surface area contributed by atoms with Crippen LogP contribution in [0.3, 0.4) is 0 Å². The fourth-order valence-corrected chi connectivity index (χ4v) is 3.39. The zero-order valence-corrected chi connectivity index (χ0v) is 20.4. The van der Waals surface area contributed by atoms with Crippen LogP contribution in [0.2, 0.25) is 0 Å². The first-order valence-corrected chi connectivity index (χ1v) is 12.1. The van der Waals surface area contributed by atoms with E-state index in [1.165, 1.54) is 6.42 Å². The maximum atomic E-state index is 12.0. The molecule has 0 aliphatic heterocycles. The van der Waals surface area contributed by atoms with Crippen molar-refractivity contribution in [1.82, 2.24) is 0 Å². The first-order valence-electron chi connectivity index (χ1n) is 10.6. The molecular formula is C20H40MgO7S. The first kappa shape index (κ1) is 30.8. The average Bonchev–Trinajstić information content (AvgIpc) is 2.63. The summed E-state index contributed by atoms with van der Waals surface area (Å²) in [5, 5.41) is -1.93. The molecule has 0 aromatic heterocycles. The van der Waals surface area contributed by atoms with Crippen molar-refractivity contribution in [3.63, 3.8) is 0 Å². The second-order valence-corrected chi connectivity index (χ2v) is 8.73. The van der Waals surface area contributed by atoms with Crippen molar-refractivity contribution in [1.29, 1.82) is 0 Å². The Morgan fingerprint density at radius 1 is 0.793 bits per heavy atom. The number of unbranched alkanes of at least 4 members (excludes halogenated alkanes) is 10. The van der Waals surface area contributed by atoms with Gasteiger partial charge in [-0.1, -0.05) is 78.1 Å². The zero-order valence-electron chi connectivity index (χ0n) is 20.2. The maximum absolute atomic E-state index is 12.0. The molecular weight excluding hydrogens is 409 g/mol. The summed E-state index contributed by atoms with van der Waals surface area (Å²) < 4.78 is 42.0. The zero-order chi connectivity index (χ0) is 21.3. The quantitative estimate of drug-likeness (QED) is 0.144. The van der Waals surface area contributed by atoms with Gasteiger partial charge in [0, 0.05) is 0 Å². The van der Waals surface area contributed by atoms with Crippen LogP contribution in [0.4, 0.5) is 0 Å². The van der Waals surface area contributed by atoms with Gasteiger partial charge in [0.2, 0.25) is 0 Å². The summed E-state index contributed by atoms with van der Waals surface area (Å²) >= 11 is 0. The van der Waals surface area contributed by atoms with E-state index in [-0.39, 0.29) is 39.1 Å². The van der Waals surface area contributed by atoms with Gasteiger partial charge in [-0.25, -0.2) is 0 Å². The smallest absolute Gasteiger partial charge is 1.00 e. The van der Waals surface area contributed by atoms with Gasteiger partial charge < -0.3 is 12.3 Å². The third kappa shape index (κ3) is 18.1. The van der Waals surface area contributed by atoms with Crippen molar-refractivity contribution in [3.8, 4) is 0 Å².